The van der Waals surface area contributed by atoms with E-state index >= 15 is 0 Å². The van der Waals surface area contributed by atoms with Crippen LogP contribution in [0.3, 0.4) is 0 Å². The molecule has 0 heterocycles. The Balaban J connectivity index is 1.65. The molecule has 1 amide bonds. The minimum atomic E-state index is -3.88. The molecule has 0 aromatic heterocycles. The summed E-state index contributed by atoms with van der Waals surface area (Å²) in [6, 6.07) is 12.4. The fourth-order valence-electron chi connectivity index (χ4n) is 2.83. The van der Waals surface area contributed by atoms with E-state index in [1.807, 2.05) is 31.2 Å². The first kappa shape index (κ1) is 20.3. The number of carbonyl (C=O) groups excluding carboxylic acids is 1. The molecule has 0 radical (unpaired) electrons. The number of aryl methyl sites for hydroxylation is 1. The highest BCUT2D eigenvalue weighted by Crippen LogP contribution is 2.41. The van der Waals surface area contributed by atoms with Crippen molar-refractivity contribution in [3.8, 4) is 0 Å². The summed E-state index contributed by atoms with van der Waals surface area (Å²) in [5.41, 5.74) is 2.19. The molecule has 1 aliphatic rings. The van der Waals surface area contributed by atoms with E-state index in [1.165, 1.54) is 12.1 Å². The number of carbonyl (C=O) groups is 1. The summed E-state index contributed by atoms with van der Waals surface area (Å²) >= 11 is 9.24. The van der Waals surface area contributed by atoms with Gasteiger partial charge in [0, 0.05) is 4.47 Å². The fourth-order valence-corrected chi connectivity index (χ4v) is 4.85. The molecule has 0 bridgehead atoms. The predicted octanol–water partition coefficient (Wildman–Crippen LogP) is 3.96. The van der Waals surface area contributed by atoms with Crippen molar-refractivity contribution in [3.05, 3.63) is 63.1 Å². The van der Waals surface area contributed by atoms with Crippen molar-refractivity contribution in [3.63, 3.8) is 0 Å². The first-order valence-electron chi connectivity index (χ1n) is 8.57. The Labute approximate surface area is 172 Å². The van der Waals surface area contributed by atoms with Gasteiger partial charge in [0.1, 0.15) is 4.90 Å². The zero-order valence-corrected chi connectivity index (χ0v) is 17.9. The molecule has 2 aromatic carbocycles. The second-order valence-electron chi connectivity index (χ2n) is 6.69. The van der Waals surface area contributed by atoms with Crippen LogP contribution in [-0.2, 0) is 14.8 Å². The van der Waals surface area contributed by atoms with Gasteiger partial charge >= 0.3 is 0 Å². The standard InChI is InChI=1S/C19H20BrClN2O3S/c1-12-2-4-13(5-3-12)19(14-6-7-14)23-18(24)11-22-27(25,26)17-9-8-15(20)10-16(17)21/h2-5,8-10,14,19,22H,6-7,11H2,1H3,(H,23,24)/t19-/m0/s1. The van der Waals surface area contributed by atoms with Crippen LogP contribution in [0.5, 0.6) is 0 Å². The Hall–Kier alpha value is -1.41. The molecule has 0 spiro atoms. The number of nitrogens with one attached hydrogen (secondary N) is 2. The molecule has 0 unspecified atom stereocenters. The van der Waals surface area contributed by atoms with Gasteiger partial charge in [-0.15, -0.1) is 0 Å². The molecule has 1 saturated carbocycles. The number of amides is 1. The fraction of sp³-hybridized carbons (Fsp3) is 0.316. The number of hydrogen-bond acceptors (Lipinski definition) is 3. The summed E-state index contributed by atoms with van der Waals surface area (Å²) in [7, 11) is -3.88. The molecule has 27 heavy (non-hydrogen) atoms. The van der Waals surface area contributed by atoms with Crippen LogP contribution in [-0.4, -0.2) is 20.9 Å². The second kappa shape index (κ2) is 8.31. The van der Waals surface area contributed by atoms with Gasteiger partial charge in [-0.2, -0.15) is 0 Å². The average Bonchev–Trinajstić information content (AvgIpc) is 3.43. The quantitative estimate of drug-likeness (QED) is 0.642. The van der Waals surface area contributed by atoms with Gasteiger partial charge in [-0.3, -0.25) is 4.79 Å². The van der Waals surface area contributed by atoms with Crippen molar-refractivity contribution in [1.82, 2.24) is 10.0 Å². The van der Waals surface area contributed by atoms with E-state index in [2.05, 4.69) is 26.0 Å². The summed E-state index contributed by atoms with van der Waals surface area (Å²) in [5.74, 6) is 0.0264. The molecule has 144 valence electrons. The minimum Gasteiger partial charge on any atom is -0.348 e. The van der Waals surface area contributed by atoms with Crippen molar-refractivity contribution < 1.29 is 13.2 Å². The van der Waals surface area contributed by atoms with Gasteiger partial charge in [0.05, 0.1) is 17.6 Å². The zero-order chi connectivity index (χ0) is 19.6. The third-order valence-corrected chi connectivity index (χ3v) is 6.83. The first-order valence-corrected chi connectivity index (χ1v) is 11.2. The monoisotopic (exact) mass is 470 g/mol. The van der Waals surface area contributed by atoms with Crippen LogP contribution in [0.15, 0.2) is 51.8 Å². The lowest BCUT2D eigenvalue weighted by Gasteiger charge is -2.19. The number of rotatable bonds is 7. The Kier molecular flexibility index (Phi) is 6.25. The zero-order valence-electron chi connectivity index (χ0n) is 14.7. The number of hydrogen-bond donors (Lipinski definition) is 2. The highest BCUT2D eigenvalue weighted by Gasteiger charge is 2.33. The molecule has 8 heteroatoms. The van der Waals surface area contributed by atoms with E-state index in [4.69, 9.17) is 11.6 Å². The van der Waals surface area contributed by atoms with Gasteiger partial charge in [-0.1, -0.05) is 57.4 Å². The van der Waals surface area contributed by atoms with Crippen LogP contribution < -0.4 is 10.0 Å². The summed E-state index contributed by atoms with van der Waals surface area (Å²) in [5, 5.41) is 3.05. The van der Waals surface area contributed by atoms with Gasteiger partial charge in [0.25, 0.3) is 0 Å². The van der Waals surface area contributed by atoms with Gasteiger partial charge in [0.15, 0.2) is 0 Å². The second-order valence-corrected chi connectivity index (χ2v) is 9.75. The first-order chi connectivity index (χ1) is 12.8. The lowest BCUT2D eigenvalue weighted by atomic mass is 10.0. The topological polar surface area (TPSA) is 75.3 Å². The van der Waals surface area contributed by atoms with E-state index in [1.54, 1.807) is 6.07 Å². The molecule has 2 N–H and O–H groups in total. The van der Waals surface area contributed by atoms with Crippen molar-refractivity contribution in [2.24, 2.45) is 5.92 Å². The average molecular weight is 472 g/mol. The Morgan fingerprint density at radius 1 is 1.22 bits per heavy atom. The van der Waals surface area contributed by atoms with Crippen molar-refractivity contribution in [1.29, 1.82) is 0 Å². The summed E-state index contributed by atoms with van der Waals surface area (Å²) in [6.07, 6.45) is 2.11. The Morgan fingerprint density at radius 2 is 1.89 bits per heavy atom. The maximum atomic E-state index is 12.4. The van der Waals surface area contributed by atoms with Crippen LogP contribution >= 0.6 is 27.5 Å². The molecule has 3 rings (SSSR count). The van der Waals surface area contributed by atoms with Crippen LogP contribution in [0.4, 0.5) is 0 Å². The molecular formula is C19H20BrClN2O3S. The highest BCUT2D eigenvalue weighted by atomic mass is 79.9. The maximum Gasteiger partial charge on any atom is 0.242 e. The minimum absolute atomic E-state index is 0.0579. The van der Waals surface area contributed by atoms with Crippen LogP contribution in [0.2, 0.25) is 5.02 Å². The third-order valence-electron chi connectivity index (χ3n) is 4.45. The normalized spacial score (nSPS) is 15.4. The SMILES string of the molecule is Cc1ccc([C@H](NC(=O)CNS(=O)(=O)c2ccc(Br)cc2Cl)C2CC2)cc1. The Morgan fingerprint density at radius 3 is 2.48 bits per heavy atom. The van der Waals surface area contributed by atoms with E-state index < -0.39 is 10.0 Å². The predicted molar refractivity (Wildman–Crippen MR) is 109 cm³/mol. The molecule has 2 aromatic rings. The van der Waals surface area contributed by atoms with Gasteiger partial charge < -0.3 is 5.32 Å². The molecule has 1 aliphatic carbocycles. The van der Waals surface area contributed by atoms with Crippen LogP contribution in [0.1, 0.15) is 30.0 Å². The van der Waals surface area contributed by atoms with Crippen molar-refractivity contribution in [2.45, 2.75) is 30.7 Å². The van der Waals surface area contributed by atoms with Gasteiger partial charge in [-0.25, -0.2) is 13.1 Å². The van der Waals surface area contributed by atoms with Gasteiger partial charge in [0.2, 0.25) is 15.9 Å². The molecule has 1 fully saturated rings. The number of benzene rings is 2. The number of halogens is 2. The summed E-state index contributed by atoms with van der Waals surface area (Å²) in [6.45, 7) is 1.67. The molecule has 1 atom stereocenters. The van der Waals surface area contributed by atoms with E-state index in [0.29, 0.717) is 10.4 Å². The van der Waals surface area contributed by atoms with Crippen LogP contribution in [0, 0.1) is 12.8 Å². The highest BCUT2D eigenvalue weighted by molar-refractivity contribution is 9.10. The maximum absolute atomic E-state index is 12.4. The van der Waals surface area contributed by atoms with Crippen molar-refractivity contribution in [2.75, 3.05) is 6.54 Å². The third kappa shape index (κ3) is 5.31. The molecule has 0 aliphatic heterocycles. The summed E-state index contributed by atoms with van der Waals surface area (Å²) < 4.78 is 27.8. The van der Waals surface area contributed by atoms with E-state index in [-0.39, 0.29) is 28.4 Å². The molecular weight excluding hydrogens is 452 g/mol. The Bertz CT molecular complexity index is 944. The van der Waals surface area contributed by atoms with E-state index in [9.17, 15) is 13.2 Å². The van der Waals surface area contributed by atoms with Crippen molar-refractivity contribution >= 4 is 43.5 Å². The largest absolute Gasteiger partial charge is 0.348 e. The van der Waals surface area contributed by atoms with E-state index in [0.717, 1.165) is 24.0 Å². The molecule has 5 nitrogen and oxygen atoms in total. The lowest BCUT2D eigenvalue weighted by molar-refractivity contribution is -0.120. The molecule has 0 saturated heterocycles. The smallest absolute Gasteiger partial charge is 0.242 e. The van der Waals surface area contributed by atoms with Crippen LogP contribution in [0.25, 0.3) is 0 Å². The number of sulfonamides is 1. The summed E-state index contributed by atoms with van der Waals surface area (Å²) in [4.78, 5) is 12.3. The lowest BCUT2D eigenvalue weighted by Crippen LogP contribution is -2.39. The van der Waals surface area contributed by atoms with Gasteiger partial charge in [-0.05, 0) is 49.4 Å².